The van der Waals surface area contributed by atoms with E-state index in [1.807, 2.05) is 0 Å². The van der Waals surface area contributed by atoms with Gasteiger partial charge in [0.15, 0.2) is 0 Å². The molecule has 128 valence electrons. The largest absolute Gasteiger partial charge is 0.330 e. The van der Waals surface area contributed by atoms with E-state index in [0.29, 0.717) is 5.92 Å². The maximum Gasteiger partial charge on any atom is 0.140 e. The topological polar surface area (TPSA) is 21.1 Å². The maximum atomic E-state index is 4.93. The smallest absolute Gasteiger partial charge is 0.140 e. The second-order valence-corrected chi connectivity index (χ2v) is 7.05. The lowest BCUT2D eigenvalue weighted by Crippen LogP contribution is -2.34. The Kier molecular flexibility index (Phi) is 4.41. The summed E-state index contributed by atoms with van der Waals surface area (Å²) < 4.78 is 2.28. The van der Waals surface area contributed by atoms with Gasteiger partial charge in [0, 0.05) is 38.7 Å². The molecular weight excluding hydrogens is 306 g/mol. The molecule has 1 unspecified atom stereocenters. The molecule has 0 fully saturated rings. The maximum absolute atomic E-state index is 4.93. The van der Waals surface area contributed by atoms with Gasteiger partial charge in [-0.15, -0.1) is 0 Å². The van der Waals surface area contributed by atoms with Crippen LogP contribution in [0.1, 0.15) is 29.8 Å². The first-order valence-electron chi connectivity index (χ1n) is 9.09. The molecular formula is C22H25N3. The number of aromatic nitrogens is 2. The summed E-state index contributed by atoms with van der Waals surface area (Å²) in [5.41, 5.74) is 5.25. The van der Waals surface area contributed by atoms with Crippen molar-refractivity contribution in [2.75, 3.05) is 13.1 Å². The molecule has 1 aliphatic heterocycles. The van der Waals surface area contributed by atoms with Gasteiger partial charge in [0.05, 0.1) is 11.4 Å². The molecule has 1 atom stereocenters. The Hall–Kier alpha value is -2.39. The van der Waals surface area contributed by atoms with Crippen molar-refractivity contribution in [1.82, 2.24) is 14.5 Å². The molecule has 0 bridgehead atoms. The third kappa shape index (κ3) is 3.24. The Morgan fingerprint density at radius 1 is 1.00 bits per heavy atom. The van der Waals surface area contributed by atoms with Gasteiger partial charge >= 0.3 is 0 Å². The van der Waals surface area contributed by atoms with Gasteiger partial charge in [-0.05, 0) is 11.5 Å². The molecule has 0 saturated carbocycles. The van der Waals surface area contributed by atoms with Crippen molar-refractivity contribution < 1.29 is 0 Å². The van der Waals surface area contributed by atoms with Crippen LogP contribution in [0.2, 0.25) is 0 Å². The summed E-state index contributed by atoms with van der Waals surface area (Å²) in [7, 11) is 2.15. The summed E-state index contributed by atoms with van der Waals surface area (Å²) in [5, 5.41) is 0. The first kappa shape index (κ1) is 16.1. The third-order valence-electron chi connectivity index (χ3n) is 5.27. The molecule has 0 aliphatic carbocycles. The summed E-state index contributed by atoms with van der Waals surface area (Å²) in [6, 6.07) is 21.3. The third-order valence-corrected chi connectivity index (χ3v) is 5.27. The van der Waals surface area contributed by atoms with Crippen molar-refractivity contribution in [2.45, 2.75) is 25.8 Å². The van der Waals surface area contributed by atoms with E-state index in [1.54, 1.807) is 0 Å². The van der Waals surface area contributed by atoms with E-state index in [-0.39, 0.29) is 0 Å². The number of nitrogens with zero attached hydrogens (tertiary/aromatic N) is 3. The predicted molar refractivity (Wildman–Crippen MR) is 102 cm³/mol. The zero-order valence-electron chi connectivity index (χ0n) is 15.0. The molecule has 0 spiro atoms. The summed E-state index contributed by atoms with van der Waals surface area (Å²) in [6.45, 7) is 5.50. The highest BCUT2D eigenvalue weighted by Crippen LogP contribution is 2.27. The zero-order chi connectivity index (χ0) is 17.2. The second kappa shape index (κ2) is 6.85. The van der Waals surface area contributed by atoms with Crippen LogP contribution in [0.4, 0.5) is 0 Å². The molecule has 0 amide bonds. The number of benzene rings is 2. The van der Waals surface area contributed by atoms with Crippen LogP contribution in [0.3, 0.4) is 0 Å². The minimum atomic E-state index is 0.546. The average Bonchev–Trinajstić information content (AvgIpc) is 2.99. The Labute approximate surface area is 149 Å². The molecule has 2 heterocycles. The number of hydrogen-bond donors (Lipinski definition) is 0. The van der Waals surface area contributed by atoms with E-state index in [1.165, 1.54) is 22.5 Å². The highest BCUT2D eigenvalue weighted by atomic mass is 15.2. The first-order valence-corrected chi connectivity index (χ1v) is 9.09. The van der Waals surface area contributed by atoms with Gasteiger partial charge < -0.3 is 4.57 Å². The lowest BCUT2D eigenvalue weighted by atomic mass is 9.99. The highest BCUT2D eigenvalue weighted by molar-refractivity contribution is 5.56. The van der Waals surface area contributed by atoms with Gasteiger partial charge in [0.1, 0.15) is 5.82 Å². The predicted octanol–water partition coefficient (Wildman–Crippen LogP) is 4.25. The Morgan fingerprint density at radius 2 is 1.68 bits per heavy atom. The fourth-order valence-electron chi connectivity index (χ4n) is 3.82. The molecule has 3 heteroatoms. The van der Waals surface area contributed by atoms with Crippen LogP contribution < -0.4 is 0 Å². The van der Waals surface area contributed by atoms with Gasteiger partial charge in [-0.25, -0.2) is 4.98 Å². The van der Waals surface area contributed by atoms with Crippen LogP contribution in [0.15, 0.2) is 60.7 Å². The van der Waals surface area contributed by atoms with Crippen LogP contribution in [0, 0.1) is 0 Å². The molecule has 4 rings (SSSR count). The van der Waals surface area contributed by atoms with Crippen molar-refractivity contribution in [3.63, 3.8) is 0 Å². The van der Waals surface area contributed by atoms with Crippen molar-refractivity contribution in [3.05, 3.63) is 77.6 Å². The Morgan fingerprint density at radius 3 is 2.40 bits per heavy atom. The first-order chi connectivity index (χ1) is 12.2. The SMILES string of the molecule is CC(CN1CCc2nc(-c3ccccc3)n(C)c2C1)c1ccccc1. The molecule has 3 nitrogen and oxygen atoms in total. The van der Waals surface area contributed by atoms with Gasteiger partial charge in [-0.1, -0.05) is 67.6 Å². The molecule has 0 N–H and O–H groups in total. The minimum absolute atomic E-state index is 0.546. The van der Waals surface area contributed by atoms with Gasteiger partial charge in [-0.3, -0.25) is 4.90 Å². The summed E-state index contributed by atoms with van der Waals surface area (Å²) >= 11 is 0. The molecule has 25 heavy (non-hydrogen) atoms. The van der Waals surface area contributed by atoms with E-state index >= 15 is 0 Å². The highest BCUT2D eigenvalue weighted by Gasteiger charge is 2.24. The fraction of sp³-hybridized carbons (Fsp3) is 0.318. The Bertz CT molecular complexity index is 836. The van der Waals surface area contributed by atoms with Crippen LogP contribution in [-0.4, -0.2) is 27.5 Å². The van der Waals surface area contributed by atoms with Crippen LogP contribution in [0.25, 0.3) is 11.4 Å². The van der Waals surface area contributed by atoms with E-state index in [0.717, 1.165) is 31.9 Å². The lowest BCUT2D eigenvalue weighted by Gasteiger charge is -2.29. The van der Waals surface area contributed by atoms with Crippen molar-refractivity contribution in [2.24, 2.45) is 7.05 Å². The lowest BCUT2D eigenvalue weighted by molar-refractivity contribution is 0.235. The number of rotatable bonds is 4. The van der Waals surface area contributed by atoms with E-state index < -0.39 is 0 Å². The zero-order valence-corrected chi connectivity index (χ0v) is 15.0. The van der Waals surface area contributed by atoms with Crippen molar-refractivity contribution in [1.29, 1.82) is 0 Å². The number of imidazole rings is 1. The van der Waals surface area contributed by atoms with E-state index in [9.17, 15) is 0 Å². The van der Waals surface area contributed by atoms with Crippen molar-refractivity contribution >= 4 is 0 Å². The standard InChI is InChI=1S/C22H25N3/c1-17(18-9-5-3-6-10-18)15-25-14-13-20-21(16-25)24(2)22(23-20)19-11-7-4-8-12-19/h3-12,17H,13-16H2,1-2H3. The van der Waals surface area contributed by atoms with Crippen LogP contribution >= 0.6 is 0 Å². The molecule has 1 aliphatic rings. The monoisotopic (exact) mass is 331 g/mol. The number of hydrogen-bond acceptors (Lipinski definition) is 2. The van der Waals surface area contributed by atoms with Gasteiger partial charge in [-0.2, -0.15) is 0 Å². The summed E-state index contributed by atoms with van der Waals surface area (Å²) in [5.74, 6) is 1.63. The minimum Gasteiger partial charge on any atom is -0.330 e. The second-order valence-electron chi connectivity index (χ2n) is 7.05. The van der Waals surface area contributed by atoms with E-state index in [2.05, 4.69) is 84.1 Å². The molecule has 3 aromatic rings. The van der Waals surface area contributed by atoms with Crippen LogP contribution in [0.5, 0.6) is 0 Å². The molecule has 1 aromatic heterocycles. The summed E-state index contributed by atoms with van der Waals surface area (Å²) in [6.07, 6.45) is 1.04. The quantitative estimate of drug-likeness (QED) is 0.713. The fourth-order valence-corrected chi connectivity index (χ4v) is 3.82. The van der Waals surface area contributed by atoms with Crippen LogP contribution in [-0.2, 0) is 20.0 Å². The summed E-state index contributed by atoms with van der Waals surface area (Å²) in [4.78, 5) is 7.49. The average molecular weight is 331 g/mol. The van der Waals surface area contributed by atoms with Crippen molar-refractivity contribution in [3.8, 4) is 11.4 Å². The molecule has 2 aromatic carbocycles. The van der Waals surface area contributed by atoms with Gasteiger partial charge in [0.2, 0.25) is 0 Å². The normalized spacial score (nSPS) is 15.8. The Balaban J connectivity index is 1.53. The molecule has 0 radical (unpaired) electrons. The van der Waals surface area contributed by atoms with Gasteiger partial charge in [0.25, 0.3) is 0 Å². The van der Waals surface area contributed by atoms with E-state index in [4.69, 9.17) is 4.98 Å². The molecule has 0 saturated heterocycles. The number of fused-ring (bicyclic) bond motifs is 1.